The number of pyridine rings is 1. The third-order valence-corrected chi connectivity index (χ3v) is 3.03. The lowest BCUT2D eigenvalue weighted by Gasteiger charge is -2.10. The summed E-state index contributed by atoms with van der Waals surface area (Å²) < 4.78 is 0. The van der Waals surface area contributed by atoms with E-state index in [-0.39, 0.29) is 4.99 Å². The zero-order valence-corrected chi connectivity index (χ0v) is 11.1. The number of hydrogen-bond donors (Lipinski definition) is 2. The summed E-state index contributed by atoms with van der Waals surface area (Å²) in [6.07, 6.45) is 1.66. The average Bonchev–Trinajstić information content (AvgIpc) is 2.38. The normalized spacial score (nSPS) is 10.1. The van der Waals surface area contributed by atoms with E-state index in [4.69, 9.17) is 29.6 Å². The summed E-state index contributed by atoms with van der Waals surface area (Å²) >= 11 is 11.0. The lowest BCUT2D eigenvalue weighted by molar-refractivity contribution is 1.13. The van der Waals surface area contributed by atoms with Crippen LogP contribution in [0.5, 0.6) is 0 Å². The number of hydrogen-bond acceptors (Lipinski definition) is 3. The quantitative estimate of drug-likeness (QED) is 0.844. The molecule has 0 radical (unpaired) electrons. The second-order valence-corrected chi connectivity index (χ2v) is 4.56. The minimum Gasteiger partial charge on any atom is -0.388 e. The van der Waals surface area contributed by atoms with Gasteiger partial charge in [0.15, 0.2) is 0 Å². The number of aromatic nitrogens is 1. The molecular weight excluding hydrogens is 266 g/mol. The minimum absolute atomic E-state index is 0.275. The molecule has 0 saturated carbocycles. The van der Waals surface area contributed by atoms with Gasteiger partial charge < -0.3 is 11.1 Å². The second-order valence-electron chi connectivity index (χ2n) is 3.71. The van der Waals surface area contributed by atoms with Gasteiger partial charge in [-0.15, -0.1) is 0 Å². The smallest absolute Gasteiger partial charge is 0.124 e. The number of nitrogens with one attached hydrogen (secondary N) is 1. The molecule has 2 rings (SSSR count). The van der Waals surface area contributed by atoms with Gasteiger partial charge in [-0.2, -0.15) is 0 Å². The molecule has 0 unspecified atom stereocenters. The van der Waals surface area contributed by atoms with Crippen LogP contribution in [-0.2, 0) is 6.54 Å². The Morgan fingerprint density at radius 3 is 2.78 bits per heavy atom. The number of halogens is 1. The molecule has 3 nitrogen and oxygen atoms in total. The Bertz CT molecular complexity index is 572. The highest BCUT2D eigenvalue weighted by atomic mass is 35.5. The van der Waals surface area contributed by atoms with Crippen LogP contribution in [0, 0.1) is 0 Å². The number of thiocarbonyl (C=S) groups is 1. The van der Waals surface area contributed by atoms with Gasteiger partial charge in [-0.05, 0) is 23.8 Å². The Morgan fingerprint density at radius 1 is 1.28 bits per heavy atom. The number of nitrogens with zero attached hydrogens (tertiary/aromatic N) is 1. The van der Waals surface area contributed by atoms with Gasteiger partial charge in [0.05, 0.1) is 5.69 Å². The molecule has 1 aromatic carbocycles. The van der Waals surface area contributed by atoms with Crippen molar-refractivity contribution in [3.8, 4) is 0 Å². The Hall–Kier alpha value is -1.65. The van der Waals surface area contributed by atoms with Gasteiger partial charge >= 0.3 is 0 Å². The molecule has 5 heteroatoms. The van der Waals surface area contributed by atoms with E-state index in [2.05, 4.69) is 10.3 Å². The van der Waals surface area contributed by atoms with Crippen LogP contribution in [0.15, 0.2) is 42.6 Å². The van der Waals surface area contributed by atoms with Crippen molar-refractivity contribution in [1.82, 2.24) is 4.98 Å². The van der Waals surface area contributed by atoms with Crippen molar-refractivity contribution < 1.29 is 0 Å². The predicted molar refractivity (Wildman–Crippen MR) is 78.9 cm³/mol. The third kappa shape index (κ3) is 2.97. The van der Waals surface area contributed by atoms with Crippen molar-refractivity contribution in [2.45, 2.75) is 6.54 Å². The first-order valence-corrected chi connectivity index (χ1v) is 6.19. The van der Waals surface area contributed by atoms with Crippen LogP contribution in [-0.4, -0.2) is 9.97 Å². The summed E-state index contributed by atoms with van der Waals surface area (Å²) in [5, 5.41) is 3.96. The van der Waals surface area contributed by atoms with Gasteiger partial charge in [-0.3, -0.25) is 4.98 Å². The van der Waals surface area contributed by atoms with Crippen molar-refractivity contribution >= 4 is 34.5 Å². The van der Waals surface area contributed by atoms with E-state index in [1.807, 2.05) is 36.4 Å². The highest BCUT2D eigenvalue weighted by Crippen LogP contribution is 2.18. The van der Waals surface area contributed by atoms with Crippen LogP contribution >= 0.6 is 23.8 Å². The van der Waals surface area contributed by atoms with Gasteiger partial charge in [-0.1, -0.05) is 42.0 Å². The molecule has 0 saturated heterocycles. The Labute approximate surface area is 116 Å². The van der Waals surface area contributed by atoms with Gasteiger partial charge in [0.1, 0.15) is 10.7 Å². The van der Waals surface area contributed by atoms with Gasteiger partial charge in [0.2, 0.25) is 0 Å². The first kappa shape index (κ1) is 12.8. The average molecular weight is 278 g/mol. The molecule has 92 valence electrons. The molecule has 0 spiro atoms. The summed E-state index contributed by atoms with van der Waals surface area (Å²) in [7, 11) is 0. The van der Waals surface area contributed by atoms with Crippen LogP contribution in [0.4, 0.5) is 5.69 Å². The number of rotatable bonds is 4. The van der Waals surface area contributed by atoms with E-state index in [1.54, 1.807) is 6.20 Å². The van der Waals surface area contributed by atoms with Crippen molar-refractivity contribution in [3.63, 3.8) is 0 Å². The second kappa shape index (κ2) is 5.80. The molecule has 18 heavy (non-hydrogen) atoms. The third-order valence-electron chi connectivity index (χ3n) is 2.47. The standard InChI is InChI=1S/C13H12ClN3S/c14-10-5-2-1-4-9(10)8-17-11-6-3-7-16-12(11)13(15)18/h1-7,17H,8H2,(H2,15,18). The van der Waals surface area contributed by atoms with Crippen molar-refractivity contribution in [2.24, 2.45) is 5.73 Å². The van der Waals surface area contributed by atoms with Crippen LogP contribution in [0.1, 0.15) is 11.3 Å². The number of benzene rings is 1. The summed E-state index contributed by atoms with van der Waals surface area (Å²) in [5.74, 6) is 0. The lowest BCUT2D eigenvalue weighted by Crippen LogP contribution is -2.15. The summed E-state index contributed by atoms with van der Waals surface area (Å²) in [6.45, 7) is 0.598. The van der Waals surface area contributed by atoms with E-state index >= 15 is 0 Å². The molecular formula is C13H12ClN3S. The van der Waals surface area contributed by atoms with Crippen LogP contribution in [0.25, 0.3) is 0 Å². The van der Waals surface area contributed by atoms with Crippen LogP contribution < -0.4 is 11.1 Å². The first-order chi connectivity index (χ1) is 8.68. The van der Waals surface area contributed by atoms with Gasteiger partial charge in [-0.25, -0.2) is 0 Å². The molecule has 0 aliphatic rings. The fraction of sp³-hybridized carbons (Fsp3) is 0.0769. The van der Waals surface area contributed by atoms with E-state index in [0.717, 1.165) is 16.3 Å². The van der Waals surface area contributed by atoms with Crippen LogP contribution in [0.2, 0.25) is 5.02 Å². The molecule has 2 aromatic rings. The van der Waals surface area contributed by atoms with Crippen molar-refractivity contribution in [3.05, 3.63) is 58.9 Å². The van der Waals surface area contributed by atoms with Crippen molar-refractivity contribution in [2.75, 3.05) is 5.32 Å². The maximum Gasteiger partial charge on any atom is 0.124 e. The monoisotopic (exact) mass is 277 g/mol. The van der Waals surface area contributed by atoms with E-state index in [0.29, 0.717) is 12.2 Å². The van der Waals surface area contributed by atoms with Gasteiger partial charge in [0, 0.05) is 17.8 Å². The fourth-order valence-corrected chi connectivity index (χ4v) is 1.94. The topological polar surface area (TPSA) is 50.9 Å². The molecule has 1 aromatic heterocycles. The van der Waals surface area contributed by atoms with Crippen LogP contribution in [0.3, 0.4) is 0 Å². The predicted octanol–water partition coefficient (Wildman–Crippen LogP) is 2.98. The Kier molecular flexibility index (Phi) is 4.12. The highest BCUT2D eigenvalue weighted by molar-refractivity contribution is 7.80. The maximum absolute atomic E-state index is 6.09. The van der Waals surface area contributed by atoms with E-state index < -0.39 is 0 Å². The number of anilines is 1. The molecule has 0 amide bonds. The molecule has 0 fully saturated rings. The molecule has 0 bridgehead atoms. The van der Waals surface area contributed by atoms with Gasteiger partial charge in [0.25, 0.3) is 0 Å². The first-order valence-electron chi connectivity index (χ1n) is 5.40. The molecule has 3 N–H and O–H groups in total. The maximum atomic E-state index is 6.09. The SMILES string of the molecule is NC(=S)c1ncccc1NCc1ccccc1Cl. The highest BCUT2D eigenvalue weighted by Gasteiger charge is 2.06. The molecule has 1 heterocycles. The molecule has 0 atom stereocenters. The fourth-order valence-electron chi connectivity index (χ4n) is 1.58. The zero-order chi connectivity index (χ0) is 13.0. The van der Waals surface area contributed by atoms with E-state index in [9.17, 15) is 0 Å². The summed E-state index contributed by atoms with van der Waals surface area (Å²) in [5.41, 5.74) is 8.03. The Balaban J connectivity index is 2.16. The largest absolute Gasteiger partial charge is 0.388 e. The summed E-state index contributed by atoms with van der Waals surface area (Å²) in [4.78, 5) is 4.43. The van der Waals surface area contributed by atoms with Crippen molar-refractivity contribution in [1.29, 1.82) is 0 Å². The molecule has 0 aliphatic carbocycles. The molecule has 0 aliphatic heterocycles. The lowest BCUT2D eigenvalue weighted by atomic mass is 10.2. The summed E-state index contributed by atoms with van der Waals surface area (Å²) in [6, 6.07) is 11.4. The number of nitrogens with two attached hydrogens (primary N) is 1. The minimum atomic E-state index is 0.275. The zero-order valence-electron chi connectivity index (χ0n) is 9.56. The Morgan fingerprint density at radius 2 is 2.06 bits per heavy atom. The van der Waals surface area contributed by atoms with E-state index in [1.165, 1.54) is 0 Å².